The Kier molecular flexibility index (Phi) is 6.94. The first kappa shape index (κ1) is 23.1. The molecule has 8 heteroatoms. The number of amides is 1. The number of pyridine rings is 1. The monoisotopic (exact) mass is 476 g/mol. The van der Waals surface area contributed by atoms with E-state index in [9.17, 15) is 14.3 Å². The second-order valence-corrected chi connectivity index (χ2v) is 8.03. The molecule has 0 aliphatic carbocycles. The fourth-order valence-electron chi connectivity index (χ4n) is 3.46. The molecule has 0 atom stereocenters. The quantitative estimate of drug-likeness (QED) is 0.251. The predicted molar refractivity (Wildman–Crippen MR) is 133 cm³/mol. The fraction of sp³-hybridized carbons (Fsp3) is 0.0769. The molecule has 1 aromatic heterocycles. The summed E-state index contributed by atoms with van der Waals surface area (Å²) in [7, 11) is 0. The van der Waals surface area contributed by atoms with Gasteiger partial charge in [-0.05, 0) is 54.1 Å². The normalized spacial score (nSPS) is 10.6. The minimum Gasteiger partial charge on any atom is -0.507 e. The van der Waals surface area contributed by atoms with E-state index in [0.717, 1.165) is 5.56 Å². The zero-order valence-electron chi connectivity index (χ0n) is 18.1. The lowest BCUT2D eigenvalue weighted by Crippen LogP contribution is -2.24. The molecule has 0 saturated heterocycles. The van der Waals surface area contributed by atoms with E-state index in [1.165, 1.54) is 6.07 Å². The molecule has 172 valence electrons. The van der Waals surface area contributed by atoms with Crippen LogP contribution in [0.4, 0.5) is 21.6 Å². The molecule has 6 nitrogen and oxygen atoms in total. The summed E-state index contributed by atoms with van der Waals surface area (Å²) in [6, 6.07) is 22.4. The molecule has 0 aliphatic rings. The number of nitrogens with one attached hydrogen (secondary N) is 2. The van der Waals surface area contributed by atoms with E-state index in [0.29, 0.717) is 39.8 Å². The molecule has 3 aromatic carbocycles. The highest BCUT2D eigenvalue weighted by Crippen LogP contribution is 2.33. The Morgan fingerprint density at radius 1 is 1.03 bits per heavy atom. The Morgan fingerprint density at radius 2 is 1.82 bits per heavy atom. The molecule has 0 fully saturated rings. The molecular formula is C26H22ClFN4O2. The van der Waals surface area contributed by atoms with Gasteiger partial charge in [0.15, 0.2) is 0 Å². The molecule has 0 bridgehead atoms. The van der Waals surface area contributed by atoms with Crippen LogP contribution in [-0.2, 0) is 13.2 Å². The Hall–Kier alpha value is -4.10. The molecule has 1 amide bonds. The van der Waals surface area contributed by atoms with E-state index in [-0.39, 0.29) is 23.0 Å². The van der Waals surface area contributed by atoms with Crippen molar-refractivity contribution in [3.63, 3.8) is 0 Å². The van der Waals surface area contributed by atoms with Crippen molar-refractivity contribution in [3.05, 3.63) is 101 Å². The van der Waals surface area contributed by atoms with Gasteiger partial charge in [-0.1, -0.05) is 41.9 Å². The van der Waals surface area contributed by atoms with E-state index in [1.54, 1.807) is 42.5 Å². The van der Waals surface area contributed by atoms with Gasteiger partial charge in [0.1, 0.15) is 18.2 Å². The summed E-state index contributed by atoms with van der Waals surface area (Å²) in [5.41, 5.74) is 9.64. The third-order valence-electron chi connectivity index (χ3n) is 5.23. The SMILES string of the molecule is Nc1nc(-c2cc(Nc3ccc(Cl)cc3CF)ccc2O)ccc1C(=O)NCc1ccccc1. The smallest absolute Gasteiger partial charge is 0.255 e. The molecule has 34 heavy (non-hydrogen) atoms. The number of nitrogens with two attached hydrogens (primary N) is 1. The first-order valence-corrected chi connectivity index (χ1v) is 10.9. The maximum Gasteiger partial charge on any atom is 0.255 e. The number of nitrogens with zero attached hydrogens (tertiary/aromatic N) is 1. The number of carbonyl (C=O) groups is 1. The summed E-state index contributed by atoms with van der Waals surface area (Å²) in [6.45, 7) is -0.319. The first-order chi connectivity index (χ1) is 16.4. The molecule has 5 N–H and O–H groups in total. The average Bonchev–Trinajstić information content (AvgIpc) is 2.85. The lowest BCUT2D eigenvalue weighted by atomic mass is 10.1. The van der Waals surface area contributed by atoms with Crippen LogP contribution in [0.1, 0.15) is 21.5 Å². The molecule has 0 aliphatic heterocycles. The minimum absolute atomic E-state index is 0.0134. The van der Waals surface area contributed by atoms with Crippen molar-refractivity contribution >= 4 is 34.7 Å². The van der Waals surface area contributed by atoms with Crippen molar-refractivity contribution in [3.8, 4) is 17.0 Å². The Morgan fingerprint density at radius 3 is 2.56 bits per heavy atom. The number of hydrogen-bond acceptors (Lipinski definition) is 5. The van der Waals surface area contributed by atoms with E-state index >= 15 is 0 Å². The van der Waals surface area contributed by atoms with Gasteiger partial charge in [0.2, 0.25) is 0 Å². The number of anilines is 3. The lowest BCUT2D eigenvalue weighted by molar-refractivity contribution is 0.0951. The van der Waals surface area contributed by atoms with Gasteiger partial charge in [0.25, 0.3) is 5.91 Å². The number of aromatic hydroxyl groups is 1. The number of rotatable bonds is 7. The molecule has 0 spiro atoms. The number of carbonyl (C=O) groups excluding carboxylic acids is 1. The van der Waals surface area contributed by atoms with Gasteiger partial charge in [-0.2, -0.15) is 0 Å². The van der Waals surface area contributed by atoms with Crippen LogP contribution in [-0.4, -0.2) is 16.0 Å². The fourth-order valence-corrected chi connectivity index (χ4v) is 3.65. The van der Waals surface area contributed by atoms with Gasteiger partial charge in [-0.25, -0.2) is 9.37 Å². The van der Waals surface area contributed by atoms with Crippen LogP contribution in [0.3, 0.4) is 0 Å². The number of phenols is 1. The number of alkyl halides is 1. The number of aromatic nitrogens is 1. The highest BCUT2D eigenvalue weighted by Gasteiger charge is 2.15. The van der Waals surface area contributed by atoms with Crippen LogP contribution in [0, 0.1) is 0 Å². The van der Waals surface area contributed by atoms with E-state index in [2.05, 4.69) is 15.6 Å². The van der Waals surface area contributed by atoms with Crippen LogP contribution in [0.15, 0.2) is 78.9 Å². The van der Waals surface area contributed by atoms with Gasteiger partial charge in [0, 0.05) is 34.1 Å². The number of phenolic OH excluding ortho intramolecular Hbond substituents is 1. The first-order valence-electron chi connectivity index (χ1n) is 10.5. The van der Waals surface area contributed by atoms with E-state index in [4.69, 9.17) is 17.3 Å². The molecule has 0 saturated carbocycles. The Labute approximate surface area is 201 Å². The number of halogens is 2. The molecule has 0 radical (unpaired) electrons. The largest absolute Gasteiger partial charge is 0.507 e. The van der Waals surface area contributed by atoms with Crippen molar-refractivity contribution in [2.45, 2.75) is 13.2 Å². The second-order valence-electron chi connectivity index (χ2n) is 7.59. The summed E-state index contributed by atoms with van der Waals surface area (Å²) in [5.74, 6) is -0.319. The van der Waals surface area contributed by atoms with Gasteiger partial charge < -0.3 is 21.5 Å². The summed E-state index contributed by atoms with van der Waals surface area (Å²) in [5, 5.41) is 16.8. The Balaban J connectivity index is 1.55. The van der Waals surface area contributed by atoms with Gasteiger partial charge in [0.05, 0.1) is 11.3 Å². The second kappa shape index (κ2) is 10.2. The van der Waals surface area contributed by atoms with Gasteiger partial charge >= 0.3 is 0 Å². The minimum atomic E-state index is -0.681. The molecule has 1 heterocycles. The molecule has 0 unspecified atom stereocenters. The van der Waals surface area contributed by atoms with Crippen molar-refractivity contribution in [2.24, 2.45) is 0 Å². The van der Waals surface area contributed by atoms with Gasteiger partial charge in [-0.15, -0.1) is 0 Å². The highest BCUT2D eigenvalue weighted by atomic mass is 35.5. The van der Waals surface area contributed by atoms with Crippen molar-refractivity contribution in [1.29, 1.82) is 0 Å². The van der Waals surface area contributed by atoms with Gasteiger partial charge in [-0.3, -0.25) is 4.79 Å². The molecule has 4 aromatic rings. The van der Waals surface area contributed by atoms with Crippen LogP contribution in [0.25, 0.3) is 11.3 Å². The summed E-state index contributed by atoms with van der Waals surface area (Å²) >= 11 is 5.95. The number of benzene rings is 3. The zero-order chi connectivity index (χ0) is 24.1. The highest BCUT2D eigenvalue weighted by molar-refractivity contribution is 6.30. The van der Waals surface area contributed by atoms with Crippen molar-refractivity contribution in [1.82, 2.24) is 10.3 Å². The van der Waals surface area contributed by atoms with Crippen molar-refractivity contribution < 1.29 is 14.3 Å². The average molecular weight is 477 g/mol. The van der Waals surface area contributed by atoms with Crippen LogP contribution in [0.2, 0.25) is 5.02 Å². The van der Waals surface area contributed by atoms with Crippen LogP contribution in [0.5, 0.6) is 5.75 Å². The van der Waals surface area contributed by atoms with E-state index < -0.39 is 6.67 Å². The summed E-state index contributed by atoms with van der Waals surface area (Å²) in [4.78, 5) is 16.9. The predicted octanol–water partition coefficient (Wildman–Crippen LogP) is 5.83. The molecular weight excluding hydrogens is 455 g/mol. The van der Waals surface area contributed by atoms with E-state index in [1.807, 2.05) is 30.3 Å². The molecule has 4 rings (SSSR count). The summed E-state index contributed by atoms with van der Waals surface area (Å²) in [6.07, 6.45) is 0. The number of nitrogen functional groups attached to an aromatic ring is 1. The topological polar surface area (TPSA) is 100 Å². The Bertz CT molecular complexity index is 1330. The third-order valence-corrected chi connectivity index (χ3v) is 5.46. The zero-order valence-corrected chi connectivity index (χ0v) is 18.8. The van der Waals surface area contributed by atoms with Crippen molar-refractivity contribution in [2.75, 3.05) is 11.1 Å². The standard InChI is InChI=1S/C26H22ClFN4O2/c27-18-6-9-22(17(12-18)14-28)31-19-7-11-24(33)21(13-19)23-10-8-20(25(29)32-23)26(34)30-15-16-4-2-1-3-5-16/h1-13,31,33H,14-15H2,(H2,29,32)(H,30,34). The maximum absolute atomic E-state index is 13.4. The van der Waals surface area contributed by atoms with Crippen LogP contribution < -0.4 is 16.4 Å². The third kappa shape index (κ3) is 5.27. The lowest BCUT2D eigenvalue weighted by Gasteiger charge is -2.13. The number of hydrogen-bond donors (Lipinski definition) is 4. The summed E-state index contributed by atoms with van der Waals surface area (Å²) < 4.78 is 13.4. The van der Waals surface area contributed by atoms with Crippen LogP contribution >= 0.6 is 11.6 Å². The maximum atomic E-state index is 13.4.